The third-order valence-electron chi connectivity index (χ3n) is 4.99. The van der Waals surface area contributed by atoms with Crippen LogP contribution in [0.15, 0.2) is 24.4 Å². The van der Waals surface area contributed by atoms with E-state index in [0.717, 1.165) is 41.8 Å². The maximum atomic E-state index is 14.4. The number of fused-ring (bicyclic) bond motifs is 1. The highest BCUT2D eigenvalue weighted by molar-refractivity contribution is 6.33. The van der Waals surface area contributed by atoms with E-state index in [9.17, 15) is 4.39 Å². The summed E-state index contributed by atoms with van der Waals surface area (Å²) in [4.78, 5) is 9.44. The van der Waals surface area contributed by atoms with E-state index < -0.39 is 5.82 Å². The molecule has 0 amide bonds. The average Bonchev–Trinajstić information content (AvgIpc) is 3.09. The van der Waals surface area contributed by atoms with E-state index in [1.165, 1.54) is 19.2 Å². The predicted molar refractivity (Wildman–Crippen MR) is 110 cm³/mol. The van der Waals surface area contributed by atoms with Gasteiger partial charge in [0.2, 0.25) is 0 Å². The molecule has 150 valence electrons. The zero-order valence-corrected chi connectivity index (χ0v) is 17.4. The summed E-state index contributed by atoms with van der Waals surface area (Å²) in [5, 5.41) is 0.407. The van der Waals surface area contributed by atoms with Gasteiger partial charge in [-0.15, -0.1) is 0 Å². The molecule has 5 nitrogen and oxygen atoms in total. The highest BCUT2D eigenvalue weighted by atomic mass is 35.5. The maximum absolute atomic E-state index is 14.4. The Bertz CT molecular complexity index is 974. The number of halogens is 2. The van der Waals surface area contributed by atoms with Gasteiger partial charge in [0.1, 0.15) is 11.3 Å². The Balaban J connectivity index is 2.21. The molecule has 1 unspecified atom stereocenters. The number of benzene rings is 1. The summed E-state index contributed by atoms with van der Waals surface area (Å²) in [6, 6.07) is 4.93. The molecule has 3 aromatic rings. The molecule has 7 heteroatoms. The van der Waals surface area contributed by atoms with E-state index in [4.69, 9.17) is 26.1 Å². The molecule has 2 aromatic heterocycles. The highest BCUT2D eigenvalue weighted by Gasteiger charge is 2.21. The van der Waals surface area contributed by atoms with Crippen LogP contribution in [-0.2, 0) is 11.2 Å². The van der Waals surface area contributed by atoms with Crippen LogP contribution in [0.1, 0.15) is 38.6 Å². The van der Waals surface area contributed by atoms with Crippen molar-refractivity contribution in [3.8, 4) is 16.9 Å². The number of hydrogen-bond acceptors (Lipinski definition) is 4. The van der Waals surface area contributed by atoms with Crippen molar-refractivity contribution in [3.63, 3.8) is 0 Å². The number of aryl methyl sites for hydroxylation is 1. The van der Waals surface area contributed by atoms with Crippen LogP contribution in [-0.4, -0.2) is 35.4 Å². The first-order valence-electron chi connectivity index (χ1n) is 9.43. The fourth-order valence-electron chi connectivity index (χ4n) is 3.55. The monoisotopic (exact) mass is 405 g/mol. The lowest BCUT2D eigenvalue weighted by Gasteiger charge is -2.19. The molecule has 0 saturated heterocycles. The van der Waals surface area contributed by atoms with Crippen molar-refractivity contribution in [2.45, 2.75) is 39.2 Å². The molecular weight excluding hydrogens is 381 g/mol. The van der Waals surface area contributed by atoms with Gasteiger partial charge < -0.3 is 14.0 Å². The van der Waals surface area contributed by atoms with Crippen molar-refractivity contribution >= 4 is 22.8 Å². The summed E-state index contributed by atoms with van der Waals surface area (Å²) >= 11 is 6.44. The summed E-state index contributed by atoms with van der Waals surface area (Å²) in [5.41, 5.74) is 2.84. The molecule has 0 spiro atoms. The van der Waals surface area contributed by atoms with Crippen LogP contribution in [0.2, 0.25) is 5.02 Å². The molecule has 0 radical (unpaired) electrons. The molecule has 0 bridgehead atoms. The number of methoxy groups -OCH3 is 2. The summed E-state index contributed by atoms with van der Waals surface area (Å²) in [7, 11) is 3.12. The molecular formula is C21H25ClFN3O2. The van der Waals surface area contributed by atoms with Crippen LogP contribution in [0, 0.1) is 5.82 Å². The molecule has 1 aromatic carbocycles. The summed E-state index contributed by atoms with van der Waals surface area (Å²) < 4.78 is 26.8. The number of aromatic nitrogens is 3. The van der Waals surface area contributed by atoms with E-state index in [0.29, 0.717) is 17.2 Å². The predicted octanol–water partition coefficient (Wildman–Crippen LogP) is 5.45. The minimum Gasteiger partial charge on any atom is -0.494 e. The van der Waals surface area contributed by atoms with Gasteiger partial charge in [-0.25, -0.2) is 14.4 Å². The van der Waals surface area contributed by atoms with E-state index in [1.54, 1.807) is 13.3 Å². The van der Waals surface area contributed by atoms with Crippen LogP contribution < -0.4 is 4.74 Å². The van der Waals surface area contributed by atoms with Crippen molar-refractivity contribution in [1.82, 2.24) is 14.5 Å². The van der Waals surface area contributed by atoms with E-state index >= 15 is 0 Å². The smallest absolute Gasteiger partial charge is 0.165 e. The first-order valence-corrected chi connectivity index (χ1v) is 9.81. The molecule has 1 atom stereocenters. The summed E-state index contributed by atoms with van der Waals surface area (Å²) in [6.45, 7) is 4.88. The minimum atomic E-state index is -0.464. The number of imidazole rings is 1. The number of ether oxygens (including phenoxy) is 2. The zero-order valence-electron chi connectivity index (χ0n) is 16.6. The van der Waals surface area contributed by atoms with Crippen molar-refractivity contribution in [3.05, 3.63) is 41.1 Å². The zero-order chi connectivity index (χ0) is 20.3. The Morgan fingerprint density at radius 3 is 2.64 bits per heavy atom. The van der Waals surface area contributed by atoms with E-state index in [1.807, 2.05) is 6.07 Å². The SMILES string of the molecule is CCc1nc2c(-c3cc(F)c(OC)cc3Cl)ccnc2n1C(CC)CCOC. The van der Waals surface area contributed by atoms with Gasteiger partial charge in [0, 0.05) is 49.6 Å². The normalized spacial score (nSPS) is 12.5. The van der Waals surface area contributed by atoms with Gasteiger partial charge >= 0.3 is 0 Å². The average molecular weight is 406 g/mol. The van der Waals surface area contributed by atoms with Gasteiger partial charge in [-0.1, -0.05) is 25.4 Å². The van der Waals surface area contributed by atoms with Gasteiger partial charge in [0.05, 0.1) is 12.1 Å². The van der Waals surface area contributed by atoms with Crippen molar-refractivity contribution in [2.24, 2.45) is 0 Å². The highest BCUT2D eigenvalue weighted by Crippen LogP contribution is 2.37. The van der Waals surface area contributed by atoms with Crippen molar-refractivity contribution < 1.29 is 13.9 Å². The molecule has 0 aliphatic carbocycles. The quantitative estimate of drug-likeness (QED) is 0.500. The fourth-order valence-corrected chi connectivity index (χ4v) is 3.80. The Kier molecular flexibility index (Phi) is 6.52. The second-order valence-electron chi connectivity index (χ2n) is 6.59. The lowest BCUT2D eigenvalue weighted by atomic mass is 10.1. The van der Waals surface area contributed by atoms with Gasteiger partial charge in [-0.3, -0.25) is 0 Å². The third kappa shape index (κ3) is 3.71. The first kappa shape index (κ1) is 20.6. The van der Waals surface area contributed by atoms with Gasteiger partial charge in [0.25, 0.3) is 0 Å². The van der Waals surface area contributed by atoms with Gasteiger partial charge in [-0.2, -0.15) is 0 Å². The van der Waals surface area contributed by atoms with E-state index in [2.05, 4.69) is 23.4 Å². The fraction of sp³-hybridized carbons (Fsp3) is 0.429. The van der Waals surface area contributed by atoms with Gasteiger partial charge in [-0.05, 0) is 25.0 Å². The molecule has 0 N–H and O–H groups in total. The Morgan fingerprint density at radius 1 is 1.21 bits per heavy atom. The summed E-state index contributed by atoms with van der Waals surface area (Å²) in [6.07, 6.45) is 4.29. The Morgan fingerprint density at radius 2 is 2.00 bits per heavy atom. The Hall–Kier alpha value is -2.18. The number of nitrogens with zero attached hydrogens (tertiary/aromatic N) is 3. The Labute approximate surface area is 169 Å². The molecule has 0 aliphatic rings. The van der Waals surface area contributed by atoms with Crippen LogP contribution in [0.4, 0.5) is 4.39 Å². The van der Waals surface area contributed by atoms with Crippen molar-refractivity contribution in [1.29, 1.82) is 0 Å². The van der Waals surface area contributed by atoms with E-state index in [-0.39, 0.29) is 11.8 Å². The molecule has 0 fully saturated rings. The second-order valence-corrected chi connectivity index (χ2v) is 7.00. The van der Waals surface area contributed by atoms with Crippen LogP contribution >= 0.6 is 11.6 Å². The number of hydrogen-bond donors (Lipinski definition) is 0. The lowest BCUT2D eigenvalue weighted by molar-refractivity contribution is 0.177. The standard InChI is InChI=1S/C21H25ClFN3O2/c1-5-13(8-10-27-3)26-19(6-2)25-20-14(7-9-24-21(20)26)15-11-17(23)18(28-4)12-16(15)22/h7,9,11-13H,5-6,8,10H2,1-4H3. The molecule has 2 heterocycles. The lowest BCUT2D eigenvalue weighted by Crippen LogP contribution is -2.14. The van der Waals surface area contributed by atoms with Gasteiger partial charge in [0.15, 0.2) is 17.2 Å². The second kappa shape index (κ2) is 8.88. The van der Waals surface area contributed by atoms with Crippen LogP contribution in [0.25, 0.3) is 22.3 Å². The minimum absolute atomic E-state index is 0.115. The summed E-state index contributed by atoms with van der Waals surface area (Å²) in [5.74, 6) is 0.598. The third-order valence-corrected chi connectivity index (χ3v) is 5.30. The first-order chi connectivity index (χ1) is 13.5. The topological polar surface area (TPSA) is 49.2 Å². The largest absolute Gasteiger partial charge is 0.494 e. The molecule has 0 aliphatic heterocycles. The maximum Gasteiger partial charge on any atom is 0.165 e. The molecule has 3 rings (SSSR count). The van der Waals surface area contributed by atoms with Crippen LogP contribution in [0.3, 0.4) is 0 Å². The number of pyridine rings is 1. The van der Waals surface area contributed by atoms with Crippen molar-refractivity contribution in [2.75, 3.05) is 20.8 Å². The molecule has 0 saturated carbocycles. The van der Waals surface area contributed by atoms with Crippen LogP contribution in [0.5, 0.6) is 5.75 Å². The number of rotatable bonds is 8. The molecule has 28 heavy (non-hydrogen) atoms.